The lowest BCUT2D eigenvalue weighted by Gasteiger charge is -2.40. The van der Waals surface area contributed by atoms with Gasteiger partial charge in [-0.2, -0.15) is 0 Å². The van der Waals surface area contributed by atoms with Crippen LogP contribution in [0.2, 0.25) is 0 Å². The van der Waals surface area contributed by atoms with Crippen LogP contribution in [0.3, 0.4) is 0 Å². The summed E-state index contributed by atoms with van der Waals surface area (Å²) in [6, 6.07) is 10.4. The molecular formula is C16H24Cl2N2O2S. The predicted molar refractivity (Wildman–Crippen MR) is 99.6 cm³/mol. The number of rotatable bonds is 3. The number of nitrogens with zero attached hydrogens (tertiary/aromatic N) is 1. The molecule has 130 valence electrons. The van der Waals surface area contributed by atoms with Crippen LogP contribution in [-0.4, -0.2) is 47.7 Å². The van der Waals surface area contributed by atoms with Crippen molar-refractivity contribution in [3.8, 4) is 0 Å². The van der Waals surface area contributed by atoms with Gasteiger partial charge < -0.3 is 4.74 Å². The molecule has 2 aliphatic heterocycles. The molecule has 1 aromatic rings. The summed E-state index contributed by atoms with van der Waals surface area (Å²) in [5, 5.41) is 3.52. The minimum atomic E-state index is -0.156. The third kappa shape index (κ3) is 5.00. The molecular weight excluding hydrogens is 355 g/mol. The van der Waals surface area contributed by atoms with Gasteiger partial charge in [-0.15, -0.1) is 36.6 Å². The summed E-state index contributed by atoms with van der Waals surface area (Å²) in [6.45, 7) is 3.09. The molecule has 1 aromatic carbocycles. The van der Waals surface area contributed by atoms with Crippen LogP contribution in [0.5, 0.6) is 0 Å². The molecule has 23 heavy (non-hydrogen) atoms. The van der Waals surface area contributed by atoms with E-state index in [2.05, 4.69) is 40.5 Å². The van der Waals surface area contributed by atoms with Gasteiger partial charge in [-0.25, -0.2) is 0 Å². The summed E-state index contributed by atoms with van der Waals surface area (Å²) in [4.78, 5) is 14.2. The highest BCUT2D eigenvalue weighted by atomic mass is 35.5. The molecule has 4 nitrogen and oxygen atoms in total. The number of nitrogens with one attached hydrogen (secondary N) is 1. The molecule has 0 saturated carbocycles. The Hall–Kier alpha value is -0.460. The Morgan fingerprint density at radius 3 is 2.83 bits per heavy atom. The van der Waals surface area contributed by atoms with E-state index < -0.39 is 0 Å². The number of halogens is 2. The topological polar surface area (TPSA) is 41.6 Å². The molecule has 0 aliphatic carbocycles. The van der Waals surface area contributed by atoms with Crippen molar-refractivity contribution in [2.45, 2.75) is 30.3 Å². The number of benzene rings is 1. The molecule has 2 unspecified atom stereocenters. The monoisotopic (exact) mass is 378 g/mol. The summed E-state index contributed by atoms with van der Waals surface area (Å²) < 4.78 is 4.86. The standard InChI is InChI=1S/C16H22N2O2S.2ClH/c1-20-15(19)14-11-21-16(17-14)8-5-9-18(12-16)10-13-6-3-2-4-7-13;;/h2-4,6-7,14,17H,5,8-12H2,1H3;2*1H. The molecule has 2 atom stereocenters. The third-order valence-electron chi connectivity index (χ3n) is 4.23. The number of hydrogen-bond acceptors (Lipinski definition) is 5. The van der Waals surface area contributed by atoms with Crippen molar-refractivity contribution in [2.24, 2.45) is 0 Å². The summed E-state index contributed by atoms with van der Waals surface area (Å²) >= 11 is 1.88. The molecule has 0 radical (unpaired) electrons. The fourth-order valence-corrected chi connectivity index (χ4v) is 4.73. The van der Waals surface area contributed by atoms with Gasteiger partial charge in [0.1, 0.15) is 6.04 Å². The Kier molecular flexibility index (Phi) is 8.18. The Bertz CT molecular complexity index is 506. The normalized spacial score (nSPS) is 27.1. The highest BCUT2D eigenvalue weighted by molar-refractivity contribution is 8.01. The van der Waals surface area contributed by atoms with Crippen LogP contribution >= 0.6 is 36.6 Å². The minimum Gasteiger partial charge on any atom is -0.468 e. The van der Waals surface area contributed by atoms with Gasteiger partial charge in [-0.3, -0.25) is 15.0 Å². The van der Waals surface area contributed by atoms with E-state index in [0.29, 0.717) is 0 Å². The number of hydrogen-bond donors (Lipinski definition) is 1. The number of thioether (sulfide) groups is 1. The van der Waals surface area contributed by atoms with E-state index in [-0.39, 0.29) is 41.7 Å². The van der Waals surface area contributed by atoms with E-state index in [0.717, 1.165) is 31.8 Å². The first-order valence-corrected chi connectivity index (χ1v) is 8.45. The van der Waals surface area contributed by atoms with Gasteiger partial charge in [0.25, 0.3) is 0 Å². The number of methoxy groups -OCH3 is 1. The van der Waals surface area contributed by atoms with Gasteiger partial charge in [-0.1, -0.05) is 30.3 Å². The van der Waals surface area contributed by atoms with Crippen molar-refractivity contribution >= 4 is 42.5 Å². The Morgan fingerprint density at radius 2 is 2.13 bits per heavy atom. The van der Waals surface area contributed by atoms with Crippen LogP contribution < -0.4 is 5.32 Å². The fourth-order valence-electron chi connectivity index (χ4n) is 3.23. The Morgan fingerprint density at radius 1 is 1.39 bits per heavy atom. The zero-order valence-electron chi connectivity index (χ0n) is 13.2. The van der Waals surface area contributed by atoms with Gasteiger partial charge in [0, 0.05) is 18.8 Å². The maximum atomic E-state index is 11.7. The zero-order chi connectivity index (χ0) is 14.7. The molecule has 2 heterocycles. The first-order valence-electron chi connectivity index (χ1n) is 7.46. The van der Waals surface area contributed by atoms with E-state index in [1.54, 1.807) is 0 Å². The van der Waals surface area contributed by atoms with Crippen LogP contribution in [0.4, 0.5) is 0 Å². The Balaban J connectivity index is 0.00000132. The fraction of sp³-hybridized carbons (Fsp3) is 0.562. The lowest BCUT2D eigenvalue weighted by molar-refractivity contribution is -0.142. The molecule has 0 bridgehead atoms. The van der Waals surface area contributed by atoms with Crippen LogP contribution in [0, 0.1) is 0 Å². The van der Waals surface area contributed by atoms with E-state index >= 15 is 0 Å². The van der Waals surface area contributed by atoms with E-state index in [9.17, 15) is 4.79 Å². The van der Waals surface area contributed by atoms with Crippen molar-refractivity contribution in [3.05, 3.63) is 35.9 Å². The SMILES string of the molecule is COC(=O)C1CSC2(CCCN(Cc3ccccc3)C2)N1.Cl.Cl. The molecule has 2 saturated heterocycles. The van der Waals surface area contributed by atoms with Gasteiger partial charge in [0.2, 0.25) is 0 Å². The van der Waals surface area contributed by atoms with Gasteiger partial charge in [0.05, 0.1) is 12.0 Å². The number of ether oxygens (including phenoxy) is 1. The van der Waals surface area contributed by atoms with E-state index in [1.165, 1.54) is 19.1 Å². The maximum Gasteiger partial charge on any atom is 0.323 e. The highest BCUT2D eigenvalue weighted by Crippen LogP contribution is 2.38. The van der Waals surface area contributed by atoms with Gasteiger partial charge >= 0.3 is 5.97 Å². The molecule has 1 N–H and O–H groups in total. The number of carbonyl (C=O) groups excluding carboxylic acids is 1. The van der Waals surface area contributed by atoms with Crippen molar-refractivity contribution < 1.29 is 9.53 Å². The van der Waals surface area contributed by atoms with Gasteiger partial charge in [-0.05, 0) is 24.9 Å². The second-order valence-corrected chi connectivity index (χ2v) is 7.23. The second-order valence-electron chi connectivity index (χ2n) is 5.83. The number of carbonyl (C=O) groups is 1. The zero-order valence-corrected chi connectivity index (χ0v) is 15.6. The van der Waals surface area contributed by atoms with Crippen molar-refractivity contribution in [1.29, 1.82) is 0 Å². The number of likely N-dealkylation sites (tertiary alicyclic amines) is 1. The predicted octanol–water partition coefficient (Wildman–Crippen LogP) is 2.70. The van der Waals surface area contributed by atoms with Crippen LogP contribution in [0.25, 0.3) is 0 Å². The molecule has 2 fully saturated rings. The second kappa shape index (κ2) is 9.14. The van der Waals surface area contributed by atoms with E-state index in [1.807, 2.05) is 11.8 Å². The maximum absolute atomic E-state index is 11.7. The molecule has 0 aromatic heterocycles. The minimum absolute atomic E-state index is 0. The first-order chi connectivity index (χ1) is 10.2. The number of esters is 1. The average Bonchev–Trinajstić information content (AvgIpc) is 2.91. The summed E-state index contributed by atoms with van der Waals surface area (Å²) in [7, 11) is 1.46. The van der Waals surface area contributed by atoms with Crippen LogP contribution in [0.15, 0.2) is 30.3 Å². The quantitative estimate of drug-likeness (QED) is 0.818. The van der Waals surface area contributed by atoms with Crippen molar-refractivity contribution in [1.82, 2.24) is 10.2 Å². The van der Waals surface area contributed by atoms with Crippen LogP contribution in [0.1, 0.15) is 18.4 Å². The largest absolute Gasteiger partial charge is 0.468 e. The molecule has 1 spiro atoms. The van der Waals surface area contributed by atoms with Crippen LogP contribution in [-0.2, 0) is 16.1 Å². The third-order valence-corrected chi connectivity index (χ3v) is 5.74. The summed E-state index contributed by atoms with van der Waals surface area (Å²) in [5.41, 5.74) is 1.35. The smallest absolute Gasteiger partial charge is 0.323 e. The molecule has 7 heteroatoms. The molecule has 3 rings (SSSR count). The lowest BCUT2D eigenvalue weighted by Crippen LogP contribution is -2.54. The summed E-state index contributed by atoms with van der Waals surface area (Å²) in [6.07, 6.45) is 2.29. The lowest BCUT2D eigenvalue weighted by atomic mass is 10.0. The van der Waals surface area contributed by atoms with Crippen molar-refractivity contribution in [2.75, 3.05) is 26.0 Å². The first kappa shape index (κ1) is 20.6. The van der Waals surface area contributed by atoms with Gasteiger partial charge in [0.15, 0.2) is 0 Å². The van der Waals surface area contributed by atoms with E-state index in [4.69, 9.17) is 4.74 Å². The summed E-state index contributed by atoms with van der Waals surface area (Å²) in [5.74, 6) is 0.672. The average molecular weight is 379 g/mol. The Labute approximate surface area is 154 Å². The molecule has 2 aliphatic rings. The van der Waals surface area contributed by atoms with Crippen molar-refractivity contribution in [3.63, 3.8) is 0 Å². The highest BCUT2D eigenvalue weighted by Gasteiger charge is 2.44. The molecule has 0 amide bonds. The number of piperidine rings is 1.